The van der Waals surface area contributed by atoms with Gasteiger partial charge in [0.15, 0.2) is 0 Å². The maximum absolute atomic E-state index is 2.57. The van der Waals surface area contributed by atoms with E-state index in [9.17, 15) is 0 Å². The van der Waals surface area contributed by atoms with Crippen LogP contribution >= 0.6 is 0 Å². The fourth-order valence-corrected chi connectivity index (χ4v) is 35.7. The second-order valence-electron chi connectivity index (χ2n) is 5.91. The van der Waals surface area contributed by atoms with E-state index in [1.165, 1.54) is 0 Å². The monoisotopic (exact) mass is 296 g/mol. The largest absolute Gasteiger partial charge is 0.246 e. The lowest BCUT2D eigenvalue weighted by molar-refractivity contribution is 1.72. The van der Waals surface area contributed by atoms with Gasteiger partial charge in [0.05, 0.1) is 0 Å². The van der Waals surface area contributed by atoms with Gasteiger partial charge < -0.3 is 0 Å². The van der Waals surface area contributed by atoms with Crippen LogP contribution in [0.15, 0.2) is 60.7 Å². The van der Waals surface area contributed by atoms with Gasteiger partial charge in [-0.2, -0.15) is 0 Å². The molecule has 0 fully saturated rings. The molecular formula is C16H22Al2Si. The van der Waals surface area contributed by atoms with Crippen LogP contribution in [0.5, 0.6) is 0 Å². The van der Waals surface area contributed by atoms with Crippen molar-refractivity contribution in [3.63, 3.8) is 0 Å². The molecule has 96 valence electrons. The molecule has 0 amide bonds. The Morgan fingerprint density at radius 3 is 1.16 bits per heavy atom. The number of benzene rings is 2. The molecule has 2 rings (SSSR count). The van der Waals surface area contributed by atoms with Crippen LogP contribution in [0.4, 0.5) is 0 Å². The van der Waals surface area contributed by atoms with Gasteiger partial charge in [-0.05, 0) is 0 Å². The summed E-state index contributed by atoms with van der Waals surface area (Å²) >= 11 is -1.46. The maximum Gasteiger partial charge on any atom is 0.246 e. The zero-order valence-electron chi connectivity index (χ0n) is 12.4. The molecule has 0 atom stereocenters. The molecule has 0 bridgehead atoms. The molecule has 0 N–H and O–H groups in total. The van der Waals surface area contributed by atoms with Gasteiger partial charge in [0.1, 0.15) is 0 Å². The molecule has 0 aromatic heterocycles. The Balaban J connectivity index is 2.69. The Hall–Kier alpha value is -0.278. The predicted octanol–water partition coefficient (Wildman–Crippen LogP) is 2.92. The molecule has 2 aromatic rings. The summed E-state index contributed by atoms with van der Waals surface area (Å²) in [5.74, 6) is 10.3. The van der Waals surface area contributed by atoms with E-state index < -0.39 is 32.2 Å². The Labute approximate surface area is 126 Å². The molecule has 0 unspecified atom stereocenters. The van der Waals surface area contributed by atoms with E-state index in [1.807, 2.05) is 0 Å². The van der Waals surface area contributed by atoms with Crippen LogP contribution in [0, 0.1) is 0 Å². The number of hydrogen-bond acceptors (Lipinski definition) is 0. The molecule has 2 aromatic carbocycles. The molecule has 0 aliphatic rings. The summed E-state index contributed by atoms with van der Waals surface area (Å²) < 4.78 is 0. The van der Waals surface area contributed by atoms with Crippen molar-refractivity contribution in [1.29, 1.82) is 0 Å². The van der Waals surface area contributed by atoms with Crippen molar-refractivity contribution in [2.24, 2.45) is 0 Å². The fourth-order valence-electron chi connectivity index (χ4n) is 3.59. The smallest absolute Gasteiger partial charge is 0.108 e. The van der Waals surface area contributed by atoms with E-state index in [0.717, 1.165) is 0 Å². The van der Waals surface area contributed by atoms with E-state index in [0.29, 0.717) is 0 Å². The summed E-state index contributed by atoms with van der Waals surface area (Å²) in [5.41, 5.74) is 0. The average molecular weight is 296 g/mol. The zero-order valence-corrected chi connectivity index (χ0v) is 15.7. The standard InChI is InChI=1S/C12H10Si.4CH3.2Al/c1-3-7-11(8-4-1)13-12-9-5-2-6-10-12;;;;;;/h1-10H;4*1H3;;. The Morgan fingerprint density at radius 2 is 0.895 bits per heavy atom. The summed E-state index contributed by atoms with van der Waals surface area (Å²) in [6, 6.07) is 22.8. The predicted molar refractivity (Wildman–Crippen MR) is 92.9 cm³/mol. The molecule has 0 spiro atoms. The minimum absolute atomic E-state index is 0.732. The van der Waals surface area contributed by atoms with E-state index in [1.54, 1.807) is 10.4 Å². The molecule has 0 saturated heterocycles. The van der Waals surface area contributed by atoms with Crippen molar-refractivity contribution >= 4 is 42.6 Å². The van der Waals surface area contributed by atoms with Crippen molar-refractivity contribution in [2.75, 3.05) is 0 Å². The van der Waals surface area contributed by atoms with Gasteiger partial charge in [-0.3, -0.25) is 0 Å². The quantitative estimate of drug-likeness (QED) is 0.761. The molecule has 0 aliphatic heterocycles. The van der Waals surface area contributed by atoms with Gasteiger partial charge in [0.2, 0.25) is 27.0 Å². The lowest BCUT2D eigenvalue weighted by Crippen LogP contribution is -2.74. The first-order valence-electron chi connectivity index (χ1n) is 7.21. The van der Waals surface area contributed by atoms with Crippen molar-refractivity contribution in [3.05, 3.63) is 60.7 Å². The second-order valence-corrected chi connectivity index (χ2v) is 27.8. The van der Waals surface area contributed by atoms with Crippen LogP contribution in [-0.2, 0) is 0 Å². The molecule has 0 aliphatic carbocycles. The molecule has 19 heavy (non-hydrogen) atoms. The van der Waals surface area contributed by atoms with Crippen LogP contribution in [-0.4, -0.2) is 32.2 Å². The first kappa shape index (κ1) is 15.1. The molecule has 0 nitrogen and oxygen atoms in total. The van der Waals surface area contributed by atoms with E-state index in [4.69, 9.17) is 0 Å². The molecule has 0 saturated carbocycles. The minimum Gasteiger partial charge on any atom is -0.108 e. The normalized spacial score (nSPS) is 11.2. The minimum atomic E-state index is -1.42. The summed E-state index contributed by atoms with van der Waals surface area (Å²) in [7, 11) is 0. The SMILES string of the molecule is [CH3][Al]([CH3])[Si](c1ccccc1)(c1ccccc1)[Al]([CH3])[CH3]. The van der Waals surface area contributed by atoms with Crippen molar-refractivity contribution in [2.45, 2.75) is 23.1 Å². The van der Waals surface area contributed by atoms with Crippen LogP contribution in [0.3, 0.4) is 0 Å². The highest BCUT2D eigenvalue weighted by atomic mass is 29.2. The number of rotatable bonds is 4. The molecule has 0 heterocycles. The molecular weight excluding hydrogens is 274 g/mol. The van der Waals surface area contributed by atoms with E-state index in [2.05, 4.69) is 83.8 Å². The Bertz CT molecular complexity index is 459. The number of hydrogen-bond donors (Lipinski definition) is 0. The van der Waals surface area contributed by atoms with Gasteiger partial charge >= 0.3 is 0 Å². The van der Waals surface area contributed by atoms with Gasteiger partial charge in [-0.25, -0.2) is 0 Å². The third-order valence-corrected chi connectivity index (χ3v) is 37.5. The van der Waals surface area contributed by atoms with Crippen molar-refractivity contribution < 1.29 is 0 Å². The van der Waals surface area contributed by atoms with Gasteiger partial charge in [0, 0.05) is 5.19 Å². The van der Waals surface area contributed by atoms with Crippen molar-refractivity contribution in [3.8, 4) is 0 Å². The lowest BCUT2D eigenvalue weighted by atomic mass is 10.4. The van der Waals surface area contributed by atoms with E-state index in [-0.39, 0.29) is 0 Å². The van der Waals surface area contributed by atoms with Gasteiger partial charge in [0.25, 0.3) is 0 Å². The maximum atomic E-state index is 2.57. The summed E-state index contributed by atoms with van der Waals surface area (Å²) in [4.78, 5) is 0. The first-order chi connectivity index (χ1) is 9.10. The summed E-state index contributed by atoms with van der Waals surface area (Å²) in [5, 5.41) is 1.94. The highest BCUT2D eigenvalue weighted by Crippen LogP contribution is 2.14. The van der Waals surface area contributed by atoms with E-state index >= 15 is 0 Å². The third kappa shape index (κ3) is 2.78. The van der Waals surface area contributed by atoms with Crippen LogP contribution in [0.25, 0.3) is 0 Å². The third-order valence-electron chi connectivity index (χ3n) is 4.32. The highest BCUT2D eigenvalue weighted by molar-refractivity contribution is 7.68. The molecule has 3 heteroatoms. The fraction of sp³-hybridized carbons (Fsp3) is 0.250. The van der Waals surface area contributed by atoms with Crippen LogP contribution < -0.4 is 10.4 Å². The van der Waals surface area contributed by atoms with Crippen LogP contribution in [0.1, 0.15) is 0 Å². The summed E-state index contributed by atoms with van der Waals surface area (Å²) in [6.45, 7) is 0. The lowest BCUT2D eigenvalue weighted by Gasteiger charge is -2.37. The highest BCUT2D eigenvalue weighted by Gasteiger charge is 2.47. The van der Waals surface area contributed by atoms with Crippen LogP contribution in [0.2, 0.25) is 23.1 Å². The summed E-state index contributed by atoms with van der Waals surface area (Å²) in [6.07, 6.45) is 0. The Morgan fingerprint density at radius 1 is 0.579 bits per heavy atom. The first-order valence-corrected chi connectivity index (χ1v) is 17.4. The Kier molecular flexibility index (Phi) is 5.13. The van der Waals surface area contributed by atoms with Gasteiger partial charge in [-0.15, -0.1) is 23.1 Å². The molecule has 0 radical (unpaired) electrons. The average Bonchev–Trinajstić information content (AvgIpc) is 2.41. The van der Waals surface area contributed by atoms with Crippen molar-refractivity contribution in [1.82, 2.24) is 0 Å². The second kappa shape index (κ2) is 6.45. The van der Waals surface area contributed by atoms with Gasteiger partial charge in [-0.1, -0.05) is 71.0 Å². The topological polar surface area (TPSA) is 0 Å². The zero-order chi connectivity index (χ0) is 13.9.